The van der Waals surface area contributed by atoms with Gasteiger partial charge in [-0.25, -0.2) is 4.39 Å². The van der Waals surface area contributed by atoms with Crippen molar-refractivity contribution in [2.45, 2.75) is 13.8 Å². The van der Waals surface area contributed by atoms with Gasteiger partial charge in [-0.1, -0.05) is 0 Å². The molecule has 0 aliphatic rings. The summed E-state index contributed by atoms with van der Waals surface area (Å²) in [7, 11) is 0. The molecule has 0 saturated heterocycles. The average Bonchev–Trinajstić information content (AvgIpc) is 2.25. The second-order valence-electron chi connectivity index (χ2n) is 3.98. The Morgan fingerprint density at radius 1 is 1.22 bits per heavy atom. The second-order valence-corrected chi connectivity index (χ2v) is 4.83. The molecule has 0 saturated carbocycles. The fourth-order valence-electron chi connectivity index (χ4n) is 1.68. The van der Waals surface area contributed by atoms with E-state index < -0.39 is 0 Å². The molecule has 0 aliphatic carbocycles. The molecular weight excluding hydrogens is 301 g/mol. The number of hydrogen-bond donors (Lipinski definition) is 1. The largest absolute Gasteiger partial charge is 0.454 e. The summed E-state index contributed by atoms with van der Waals surface area (Å²) < 4.78 is 19.4. The number of pyridine rings is 1. The Labute approximate surface area is 112 Å². The molecule has 18 heavy (non-hydrogen) atoms. The standard InChI is InChI=1S/C13H11BrFNO2/c1-7-3-9(15)4-8(2)13(7)18-11-6-16-12(17)5-10(11)14/h3-6H,1-2H3,(H,16,17). The minimum atomic E-state index is -0.294. The number of aryl methyl sites for hydroxylation is 2. The van der Waals surface area contributed by atoms with Gasteiger partial charge in [0.15, 0.2) is 5.75 Å². The van der Waals surface area contributed by atoms with Crippen molar-refractivity contribution >= 4 is 15.9 Å². The number of halogens is 2. The molecule has 1 aromatic carbocycles. The van der Waals surface area contributed by atoms with Gasteiger partial charge < -0.3 is 9.72 Å². The number of benzene rings is 1. The maximum atomic E-state index is 13.2. The van der Waals surface area contributed by atoms with Gasteiger partial charge in [0.05, 0.1) is 4.47 Å². The molecule has 1 aromatic heterocycles. The normalized spacial score (nSPS) is 10.4. The van der Waals surface area contributed by atoms with Crippen molar-refractivity contribution in [1.29, 1.82) is 0 Å². The first-order chi connectivity index (χ1) is 8.47. The highest BCUT2D eigenvalue weighted by Crippen LogP contribution is 2.32. The Hall–Kier alpha value is -1.62. The maximum Gasteiger partial charge on any atom is 0.249 e. The quantitative estimate of drug-likeness (QED) is 0.919. The van der Waals surface area contributed by atoms with E-state index >= 15 is 0 Å². The van der Waals surface area contributed by atoms with Crippen LogP contribution in [0.1, 0.15) is 11.1 Å². The van der Waals surface area contributed by atoms with Gasteiger partial charge >= 0.3 is 0 Å². The zero-order valence-electron chi connectivity index (χ0n) is 9.88. The van der Waals surface area contributed by atoms with E-state index in [2.05, 4.69) is 20.9 Å². The molecule has 0 aliphatic heterocycles. The molecule has 0 unspecified atom stereocenters. The highest BCUT2D eigenvalue weighted by molar-refractivity contribution is 9.10. The lowest BCUT2D eigenvalue weighted by molar-refractivity contribution is 0.467. The predicted molar refractivity (Wildman–Crippen MR) is 70.7 cm³/mol. The second kappa shape index (κ2) is 4.94. The van der Waals surface area contributed by atoms with Crippen molar-refractivity contribution in [3.63, 3.8) is 0 Å². The summed E-state index contributed by atoms with van der Waals surface area (Å²) in [6.45, 7) is 3.54. The lowest BCUT2D eigenvalue weighted by atomic mass is 10.1. The number of H-pyrrole nitrogens is 1. The summed E-state index contributed by atoms with van der Waals surface area (Å²) >= 11 is 3.25. The van der Waals surface area contributed by atoms with Gasteiger partial charge in [-0.05, 0) is 53.0 Å². The zero-order valence-corrected chi connectivity index (χ0v) is 11.5. The van der Waals surface area contributed by atoms with Crippen LogP contribution in [0.5, 0.6) is 11.5 Å². The van der Waals surface area contributed by atoms with E-state index in [0.717, 1.165) is 0 Å². The number of hydrogen-bond acceptors (Lipinski definition) is 2. The van der Waals surface area contributed by atoms with Crippen molar-refractivity contribution in [2.75, 3.05) is 0 Å². The van der Waals surface area contributed by atoms with Crippen LogP contribution in [0.25, 0.3) is 0 Å². The summed E-state index contributed by atoms with van der Waals surface area (Å²) in [6, 6.07) is 4.19. The van der Waals surface area contributed by atoms with Gasteiger partial charge in [0.1, 0.15) is 11.6 Å². The van der Waals surface area contributed by atoms with Crippen LogP contribution in [0.15, 0.2) is 33.7 Å². The van der Waals surface area contributed by atoms with Gasteiger partial charge in [0.25, 0.3) is 0 Å². The lowest BCUT2D eigenvalue weighted by Gasteiger charge is -2.12. The Morgan fingerprint density at radius 2 is 1.83 bits per heavy atom. The van der Waals surface area contributed by atoms with E-state index in [1.807, 2.05) is 0 Å². The number of aromatic amines is 1. The minimum absolute atomic E-state index is 0.221. The van der Waals surface area contributed by atoms with E-state index in [-0.39, 0.29) is 11.4 Å². The van der Waals surface area contributed by atoms with Crippen LogP contribution in [0, 0.1) is 19.7 Å². The van der Waals surface area contributed by atoms with Gasteiger partial charge in [0.2, 0.25) is 5.56 Å². The SMILES string of the molecule is Cc1cc(F)cc(C)c1Oc1c[nH]c(=O)cc1Br. The van der Waals surface area contributed by atoms with Crippen LogP contribution in [0.2, 0.25) is 0 Å². The topological polar surface area (TPSA) is 42.1 Å². The Kier molecular flexibility index (Phi) is 3.52. The molecule has 2 aromatic rings. The van der Waals surface area contributed by atoms with Crippen molar-refractivity contribution < 1.29 is 9.13 Å². The van der Waals surface area contributed by atoms with Crippen molar-refractivity contribution in [3.8, 4) is 11.5 Å². The monoisotopic (exact) mass is 311 g/mol. The first kappa shape index (κ1) is 12.8. The molecule has 0 spiro atoms. The van der Waals surface area contributed by atoms with Crippen molar-refractivity contribution in [1.82, 2.24) is 4.98 Å². The van der Waals surface area contributed by atoms with Gasteiger partial charge in [-0.3, -0.25) is 4.79 Å². The Bertz CT molecular complexity index is 629. The number of ether oxygens (including phenoxy) is 1. The van der Waals surface area contributed by atoms with Crippen LogP contribution < -0.4 is 10.3 Å². The average molecular weight is 312 g/mol. The molecule has 1 heterocycles. The molecule has 3 nitrogen and oxygen atoms in total. The van der Waals surface area contributed by atoms with Crippen LogP contribution in [-0.4, -0.2) is 4.98 Å². The lowest BCUT2D eigenvalue weighted by Crippen LogP contribution is -2.03. The summed E-state index contributed by atoms with van der Waals surface area (Å²) in [5.41, 5.74) is 1.18. The number of rotatable bonds is 2. The van der Waals surface area contributed by atoms with Crippen molar-refractivity contribution in [2.24, 2.45) is 0 Å². The summed E-state index contributed by atoms with van der Waals surface area (Å²) in [5, 5.41) is 0. The molecule has 0 fully saturated rings. The molecule has 0 bridgehead atoms. The van der Waals surface area contributed by atoms with Crippen LogP contribution >= 0.6 is 15.9 Å². The Balaban J connectivity index is 2.43. The van der Waals surface area contributed by atoms with Crippen molar-refractivity contribution in [3.05, 3.63) is 56.2 Å². The fourth-order valence-corrected chi connectivity index (χ4v) is 2.08. The highest BCUT2D eigenvalue weighted by Gasteiger charge is 2.10. The zero-order chi connectivity index (χ0) is 13.3. The molecular formula is C13H11BrFNO2. The summed E-state index contributed by atoms with van der Waals surface area (Å²) in [6.07, 6.45) is 1.47. The molecule has 1 N–H and O–H groups in total. The third kappa shape index (κ3) is 2.61. The number of aromatic nitrogens is 1. The third-order valence-electron chi connectivity index (χ3n) is 2.48. The molecule has 5 heteroatoms. The molecule has 94 valence electrons. The smallest absolute Gasteiger partial charge is 0.249 e. The van der Waals surface area contributed by atoms with Gasteiger partial charge in [-0.2, -0.15) is 0 Å². The number of nitrogens with one attached hydrogen (secondary N) is 1. The molecule has 0 radical (unpaired) electrons. The third-order valence-corrected chi connectivity index (χ3v) is 3.10. The molecule has 2 rings (SSSR count). The van der Waals surface area contributed by atoms with Crippen LogP contribution in [0.4, 0.5) is 4.39 Å². The van der Waals surface area contributed by atoms with Gasteiger partial charge in [-0.15, -0.1) is 0 Å². The summed E-state index contributed by atoms with van der Waals surface area (Å²) in [5.74, 6) is 0.773. The maximum absolute atomic E-state index is 13.2. The molecule has 0 amide bonds. The predicted octanol–water partition coefficient (Wildman–Crippen LogP) is 3.69. The summed E-state index contributed by atoms with van der Waals surface area (Å²) in [4.78, 5) is 13.6. The Morgan fingerprint density at radius 3 is 2.39 bits per heavy atom. The first-order valence-corrected chi connectivity index (χ1v) is 6.09. The minimum Gasteiger partial charge on any atom is -0.454 e. The van der Waals surface area contributed by atoms with Gasteiger partial charge in [0, 0.05) is 12.3 Å². The highest BCUT2D eigenvalue weighted by atomic mass is 79.9. The van der Waals surface area contributed by atoms with E-state index in [4.69, 9.17) is 4.74 Å². The van der Waals surface area contributed by atoms with E-state index in [1.165, 1.54) is 24.4 Å². The fraction of sp³-hybridized carbons (Fsp3) is 0.154. The first-order valence-electron chi connectivity index (χ1n) is 5.30. The molecule has 0 atom stereocenters. The van der Waals surface area contributed by atoms with E-state index in [9.17, 15) is 9.18 Å². The van der Waals surface area contributed by atoms with Crippen LogP contribution in [0.3, 0.4) is 0 Å². The van der Waals surface area contributed by atoms with E-state index in [0.29, 0.717) is 27.1 Å². The van der Waals surface area contributed by atoms with Crippen LogP contribution in [-0.2, 0) is 0 Å². The van der Waals surface area contributed by atoms with E-state index in [1.54, 1.807) is 13.8 Å².